The Morgan fingerprint density at radius 1 is 1.04 bits per heavy atom. The van der Waals surface area contributed by atoms with Gasteiger partial charge in [-0.25, -0.2) is 0 Å². The number of benzene rings is 1. The van der Waals surface area contributed by atoms with Crippen LogP contribution in [0.5, 0.6) is 11.5 Å². The van der Waals surface area contributed by atoms with Gasteiger partial charge < -0.3 is 24.8 Å². The maximum Gasteiger partial charge on any atom is 0.179 e. The lowest BCUT2D eigenvalue weighted by Gasteiger charge is -2.24. The first-order valence-electron chi connectivity index (χ1n) is 9.07. The van der Waals surface area contributed by atoms with Gasteiger partial charge in [0.05, 0.1) is 45.5 Å². The van der Waals surface area contributed by atoms with Crippen LogP contribution >= 0.6 is 11.6 Å². The van der Waals surface area contributed by atoms with Gasteiger partial charge in [0.2, 0.25) is 0 Å². The smallest absolute Gasteiger partial charge is 0.179 e. The predicted molar refractivity (Wildman–Crippen MR) is 105 cm³/mol. The van der Waals surface area contributed by atoms with E-state index in [2.05, 4.69) is 0 Å². The molecule has 0 aromatic heterocycles. The van der Waals surface area contributed by atoms with Crippen molar-refractivity contribution < 1.29 is 34.4 Å². The first-order valence-corrected chi connectivity index (χ1v) is 9.45. The van der Waals surface area contributed by atoms with Gasteiger partial charge in [-0.1, -0.05) is 24.6 Å². The molecule has 0 heterocycles. The molecule has 0 spiro atoms. The summed E-state index contributed by atoms with van der Waals surface area (Å²) in [6, 6.07) is 3.53. The average Bonchev–Trinajstić information content (AvgIpc) is 2.69. The summed E-state index contributed by atoms with van der Waals surface area (Å²) in [5.41, 5.74) is 0.0979. The van der Waals surface area contributed by atoms with Gasteiger partial charge in [-0.3, -0.25) is 9.59 Å². The van der Waals surface area contributed by atoms with Crippen LogP contribution in [-0.2, 0) is 9.59 Å². The quantitative estimate of drug-likeness (QED) is 0.583. The summed E-state index contributed by atoms with van der Waals surface area (Å²) in [6.07, 6.45) is 1.33. The second-order valence-corrected chi connectivity index (χ2v) is 7.27. The number of methoxy groups -OCH3 is 2. The molecule has 3 N–H and O–H groups in total. The molecule has 1 aliphatic rings. The van der Waals surface area contributed by atoms with Gasteiger partial charge in [0.1, 0.15) is 11.6 Å². The largest absolute Gasteiger partial charge is 0.493 e. The maximum atomic E-state index is 11.5. The molecule has 0 saturated heterocycles. The van der Waals surface area contributed by atoms with E-state index in [4.69, 9.17) is 36.4 Å². The number of rotatable bonds is 7. The van der Waals surface area contributed by atoms with Crippen LogP contribution in [0, 0.1) is 5.41 Å². The number of halogens is 1. The Morgan fingerprint density at radius 3 is 1.93 bits per heavy atom. The van der Waals surface area contributed by atoms with Crippen LogP contribution in [0.1, 0.15) is 44.1 Å². The third kappa shape index (κ3) is 5.91. The Morgan fingerprint density at radius 2 is 1.57 bits per heavy atom. The lowest BCUT2D eigenvalue weighted by Crippen LogP contribution is -2.32. The van der Waals surface area contributed by atoms with Crippen molar-refractivity contribution in [1.82, 2.24) is 0 Å². The second kappa shape index (κ2) is 11.4. The first-order chi connectivity index (χ1) is 13.3. The molecule has 1 aromatic carbocycles. The minimum atomic E-state index is -0.667. The Hall–Kier alpha value is -1.67. The fourth-order valence-electron chi connectivity index (χ4n) is 2.91. The second-order valence-electron chi connectivity index (χ2n) is 6.89. The summed E-state index contributed by atoms with van der Waals surface area (Å²) in [5.74, 6) is 0.733. The topological polar surface area (TPSA) is 113 Å². The number of hydrogen-bond acceptors (Lipinski definition) is 7. The summed E-state index contributed by atoms with van der Waals surface area (Å²) in [5, 5.41) is 26.4. The summed E-state index contributed by atoms with van der Waals surface area (Å²) in [4.78, 5) is 23.1. The van der Waals surface area contributed by atoms with Gasteiger partial charge in [-0.05, 0) is 24.0 Å². The van der Waals surface area contributed by atoms with Gasteiger partial charge in [0.15, 0.2) is 11.5 Å². The molecule has 1 aromatic rings. The number of aliphatic hydroxyl groups excluding tert-OH is 3. The molecule has 1 saturated carbocycles. The van der Waals surface area contributed by atoms with E-state index in [0.29, 0.717) is 35.8 Å². The van der Waals surface area contributed by atoms with Crippen LogP contribution in [-0.4, -0.2) is 60.9 Å². The number of carbonyl (C=O) groups excluding carboxylic acids is 2. The van der Waals surface area contributed by atoms with Crippen molar-refractivity contribution in [2.45, 2.75) is 38.5 Å². The molecule has 8 heteroatoms. The number of ketones is 2. The molecular formula is C20H29ClO7. The van der Waals surface area contributed by atoms with Crippen LogP contribution < -0.4 is 9.47 Å². The average molecular weight is 417 g/mol. The molecule has 0 bridgehead atoms. The molecule has 7 nitrogen and oxygen atoms in total. The Kier molecular flexibility index (Phi) is 9.89. The monoisotopic (exact) mass is 416 g/mol. The van der Waals surface area contributed by atoms with Crippen molar-refractivity contribution in [3.8, 4) is 11.5 Å². The van der Waals surface area contributed by atoms with E-state index in [1.165, 1.54) is 14.2 Å². The molecule has 1 aliphatic carbocycles. The maximum absolute atomic E-state index is 11.5. The standard InChI is InChI=1S/C14H15ClO4.C6H14O3/c1-18-12-4-3-11(13(15)14(12)19-2)8-5-9(16)7-10(17)6-8;1-2-6(3-7,4-8)5-9/h3-4,8H,5-7H2,1-2H3;7-9H,2-5H2,1H3. The van der Waals surface area contributed by atoms with Crippen molar-refractivity contribution in [2.75, 3.05) is 34.0 Å². The minimum Gasteiger partial charge on any atom is -0.493 e. The van der Waals surface area contributed by atoms with E-state index in [1.807, 2.05) is 6.92 Å². The molecular weight excluding hydrogens is 388 g/mol. The summed E-state index contributed by atoms with van der Waals surface area (Å²) >= 11 is 6.29. The van der Waals surface area contributed by atoms with Crippen molar-refractivity contribution in [1.29, 1.82) is 0 Å². The van der Waals surface area contributed by atoms with E-state index in [0.717, 1.165) is 5.56 Å². The molecule has 28 heavy (non-hydrogen) atoms. The lowest BCUT2D eigenvalue weighted by molar-refractivity contribution is -0.130. The molecule has 1 fully saturated rings. The van der Waals surface area contributed by atoms with Gasteiger partial charge in [-0.15, -0.1) is 0 Å². The minimum absolute atomic E-state index is 0.0351. The van der Waals surface area contributed by atoms with Crippen LogP contribution in [0.2, 0.25) is 5.02 Å². The van der Waals surface area contributed by atoms with Gasteiger partial charge >= 0.3 is 0 Å². The normalized spacial score (nSPS) is 15.1. The molecule has 0 unspecified atom stereocenters. The molecule has 158 valence electrons. The van der Waals surface area contributed by atoms with Gasteiger partial charge in [-0.2, -0.15) is 0 Å². The summed E-state index contributed by atoms with van der Waals surface area (Å²) in [7, 11) is 3.03. The fraction of sp³-hybridized carbons (Fsp3) is 0.600. The highest BCUT2D eigenvalue weighted by Gasteiger charge is 2.29. The highest BCUT2D eigenvalue weighted by atomic mass is 35.5. The highest BCUT2D eigenvalue weighted by Crippen LogP contribution is 2.42. The Bertz CT molecular complexity index is 637. The Labute approximate surface area is 170 Å². The Balaban J connectivity index is 0.000000370. The van der Waals surface area contributed by atoms with Crippen molar-refractivity contribution >= 4 is 23.2 Å². The van der Waals surface area contributed by atoms with E-state index in [9.17, 15) is 9.59 Å². The third-order valence-corrected chi connectivity index (χ3v) is 5.44. The zero-order chi connectivity index (χ0) is 21.3. The SMILES string of the molecule is CCC(CO)(CO)CO.COc1ccc(C2CC(=O)CC(=O)C2)c(Cl)c1OC. The van der Waals surface area contributed by atoms with E-state index in [1.54, 1.807) is 12.1 Å². The van der Waals surface area contributed by atoms with Gasteiger partial charge in [0, 0.05) is 18.3 Å². The summed E-state index contributed by atoms with van der Waals surface area (Å²) < 4.78 is 10.4. The number of Topliss-reactive ketones (excluding diaryl/α,β-unsaturated/α-hetero) is 2. The first kappa shape index (κ1) is 24.4. The number of aliphatic hydroxyl groups is 3. The molecule has 0 atom stereocenters. The molecule has 0 aliphatic heterocycles. The van der Waals surface area contributed by atoms with Crippen molar-refractivity contribution in [3.05, 3.63) is 22.7 Å². The highest BCUT2D eigenvalue weighted by molar-refractivity contribution is 6.33. The molecule has 0 radical (unpaired) electrons. The van der Waals surface area contributed by atoms with Crippen LogP contribution in [0.4, 0.5) is 0 Å². The predicted octanol–water partition coefficient (Wildman–Crippen LogP) is 2.12. The van der Waals surface area contributed by atoms with Crippen LogP contribution in [0.3, 0.4) is 0 Å². The number of carbonyl (C=O) groups is 2. The van der Waals surface area contributed by atoms with E-state index >= 15 is 0 Å². The fourth-order valence-corrected chi connectivity index (χ4v) is 3.30. The van der Waals surface area contributed by atoms with Gasteiger partial charge in [0.25, 0.3) is 0 Å². The zero-order valence-corrected chi connectivity index (χ0v) is 17.3. The van der Waals surface area contributed by atoms with Crippen LogP contribution in [0.25, 0.3) is 0 Å². The van der Waals surface area contributed by atoms with E-state index < -0.39 is 5.41 Å². The summed E-state index contributed by atoms with van der Waals surface area (Å²) in [6.45, 7) is 1.35. The molecule has 2 rings (SSSR count). The number of hydrogen-bond donors (Lipinski definition) is 3. The van der Waals surface area contributed by atoms with Crippen molar-refractivity contribution in [2.24, 2.45) is 5.41 Å². The van der Waals surface area contributed by atoms with Crippen LogP contribution in [0.15, 0.2) is 12.1 Å². The van der Waals surface area contributed by atoms with Crippen molar-refractivity contribution in [3.63, 3.8) is 0 Å². The number of ether oxygens (including phenoxy) is 2. The lowest BCUT2D eigenvalue weighted by atomic mass is 9.82. The third-order valence-electron chi connectivity index (χ3n) is 5.05. The molecule has 0 amide bonds. The van der Waals surface area contributed by atoms with E-state index in [-0.39, 0.29) is 43.7 Å². The zero-order valence-electron chi connectivity index (χ0n) is 16.5.